The zero-order chi connectivity index (χ0) is 18.6. The number of pyridine rings is 1. The van der Waals surface area contributed by atoms with Crippen molar-refractivity contribution in [3.05, 3.63) is 58.3 Å². The maximum absolute atomic E-state index is 6.31. The maximum atomic E-state index is 6.31. The van der Waals surface area contributed by atoms with E-state index in [9.17, 15) is 0 Å². The average molecular weight is 421 g/mol. The van der Waals surface area contributed by atoms with E-state index < -0.39 is 0 Å². The molecule has 1 fully saturated rings. The molecule has 0 amide bonds. The molecule has 140 valence electrons. The Bertz CT molecular complexity index is 893. The third kappa shape index (κ3) is 4.29. The largest absolute Gasteiger partial charge is 0.376 e. The predicted octanol–water partition coefficient (Wildman–Crippen LogP) is 5.12. The fourth-order valence-corrected chi connectivity index (χ4v) is 4.76. The second-order valence-electron chi connectivity index (χ2n) is 6.28. The molecule has 8 heteroatoms. The molecule has 0 saturated carbocycles. The smallest absolute Gasteiger partial charge is 0.191 e. The Morgan fingerprint density at radius 1 is 1.11 bits per heavy atom. The van der Waals surface area contributed by atoms with Gasteiger partial charge in [-0.1, -0.05) is 41.0 Å². The van der Waals surface area contributed by atoms with Gasteiger partial charge in [-0.2, -0.15) is 0 Å². The number of hydrogen-bond acceptors (Lipinski definition) is 5. The molecule has 0 N–H and O–H groups in total. The van der Waals surface area contributed by atoms with Crippen LogP contribution in [0.1, 0.15) is 18.4 Å². The first-order valence-corrected chi connectivity index (χ1v) is 10.5. The van der Waals surface area contributed by atoms with Gasteiger partial charge in [-0.25, -0.2) is 0 Å². The Balaban J connectivity index is 1.62. The van der Waals surface area contributed by atoms with E-state index in [1.54, 1.807) is 24.2 Å². The lowest BCUT2D eigenvalue weighted by Gasteiger charge is -2.15. The van der Waals surface area contributed by atoms with Crippen LogP contribution in [0.3, 0.4) is 0 Å². The van der Waals surface area contributed by atoms with E-state index in [0.29, 0.717) is 15.8 Å². The first kappa shape index (κ1) is 18.7. The summed E-state index contributed by atoms with van der Waals surface area (Å²) in [4.78, 5) is 4.09. The van der Waals surface area contributed by atoms with Gasteiger partial charge in [-0.05, 0) is 42.7 Å². The molecule has 1 unspecified atom stereocenters. The zero-order valence-electron chi connectivity index (χ0n) is 14.5. The molecule has 2 aromatic heterocycles. The maximum Gasteiger partial charge on any atom is 0.191 e. The highest BCUT2D eigenvalue weighted by atomic mass is 35.5. The van der Waals surface area contributed by atoms with E-state index in [-0.39, 0.29) is 6.10 Å². The predicted molar refractivity (Wildman–Crippen MR) is 108 cm³/mol. The van der Waals surface area contributed by atoms with Crippen LogP contribution >= 0.6 is 35.0 Å². The summed E-state index contributed by atoms with van der Waals surface area (Å²) < 4.78 is 7.96. The molecule has 0 radical (unpaired) electrons. The Morgan fingerprint density at radius 3 is 2.59 bits per heavy atom. The van der Waals surface area contributed by atoms with Crippen LogP contribution in [0.4, 0.5) is 0 Å². The van der Waals surface area contributed by atoms with Crippen molar-refractivity contribution in [1.29, 1.82) is 0 Å². The third-order valence-electron chi connectivity index (χ3n) is 4.47. The van der Waals surface area contributed by atoms with E-state index >= 15 is 0 Å². The van der Waals surface area contributed by atoms with E-state index in [2.05, 4.69) is 19.7 Å². The van der Waals surface area contributed by atoms with Crippen molar-refractivity contribution in [3.8, 4) is 11.4 Å². The van der Waals surface area contributed by atoms with Gasteiger partial charge in [-0.3, -0.25) is 9.55 Å². The van der Waals surface area contributed by atoms with Crippen molar-refractivity contribution < 1.29 is 4.74 Å². The van der Waals surface area contributed by atoms with Crippen molar-refractivity contribution >= 4 is 35.0 Å². The molecule has 1 aliphatic rings. The normalized spacial score (nSPS) is 16.7. The molecule has 0 bridgehead atoms. The van der Waals surface area contributed by atoms with Crippen molar-refractivity contribution in [2.24, 2.45) is 0 Å². The van der Waals surface area contributed by atoms with Gasteiger partial charge in [0.2, 0.25) is 0 Å². The summed E-state index contributed by atoms with van der Waals surface area (Å²) in [6.45, 7) is 1.54. The number of hydrogen-bond donors (Lipinski definition) is 0. The second-order valence-corrected chi connectivity index (χ2v) is 8.03. The number of aromatic nitrogens is 4. The van der Waals surface area contributed by atoms with Gasteiger partial charge in [-0.15, -0.1) is 10.2 Å². The highest BCUT2D eigenvalue weighted by Gasteiger charge is 2.22. The SMILES string of the molecule is Clc1cccc(Cl)c1CSc1nnc(-c2ccncc2)n1CC1CCCO1. The number of halogens is 2. The van der Waals surface area contributed by atoms with Gasteiger partial charge in [0.1, 0.15) is 0 Å². The van der Waals surface area contributed by atoms with Gasteiger partial charge in [0, 0.05) is 40.4 Å². The van der Waals surface area contributed by atoms with E-state index in [1.165, 1.54) is 0 Å². The van der Waals surface area contributed by atoms with Crippen LogP contribution in [-0.4, -0.2) is 32.5 Å². The van der Waals surface area contributed by atoms with Gasteiger partial charge < -0.3 is 4.74 Å². The Hall–Kier alpha value is -1.60. The lowest BCUT2D eigenvalue weighted by atomic mass is 10.2. The molecular formula is C19H18Cl2N4OS. The van der Waals surface area contributed by atoms with Crippen molar-refractivity contribution in [2.45, 2.75) is 36.4 Å². The molecule has 27 heavy (non-hydrogen) atoms. The Morgan fingerprint density at radius 2 is 1.89 bits per heavy atom. The van der Waals surface area contributed by atoms with Crippen molar-refractivity contribution in [2.75, 3.05) is 6.61 Å². The highest BCUT2D eigenvalue weighted by Crippen LogP contribution is 2.33. The number of thioether (sulfide) groups is 1. The molecule has 4 rings (SSSR count). The van der Waals surface area contributed by atoms with Crippen LogP contribution in [0, 0.1) is 0 Å². The van der Waals surface area contributed by atoms with E-state index in [0.717, 1.165) is 48.1 Å². The Kier molecular flexibility index (Phi) is 5.98. The van der Waals surface area contributed by atoms with Crippen molar-refractivity contribution in [1.82, 2.24) is 19.7 Å². The molecule has 0 spiro atoms. The first-order chi connectivity index (χ1) is 13.2. The second kappa shape index (κ2) is 8.61. The quantitative estimate of drug-likeness (QED) is 0.518. The van der Waals surface area contributed by atoms with Gasteiger partial charge in [0.05, 0.1) is 12.6 Å². The van der Waals surface area contributed by atoms with Gasteiger partial charge in [0.15, 0.2) is 11.0 Å². The standard InChI is InChI=1S/C19H18Cl2N4OS/c20-16-4-1-5-17(21)15(16)12-27-19-24-23-18(13-6-8-22-9-7-13)25(19)11-14-3-2-10-26-14/h1,4-9,14H,2-3,10-12H2. The number of rotatable bonds is 6. The minimum absolute atomic E-state index is 0.185. The van der Waals surface area contributed by atoms with Crippen LogP contribution in [0.15, 0.2) is 47.9 Å². The van der Waals surface area contributed by atoms with Crippen LogP contribution in [0.2, 0.25) is 10.0 Å². The van der Waals surface area contributed by atoms with Gasteiger partial charge >= 0.3 is 0 Å². The molecule has 3 heterocycles. The highest BCUT2D eigenvalue weighted by molar-refractivity contribution is 7.98. The number of ether oxygens (including phenoxy) is 1. The summed E-state index contributed by atoms with van der Waals surface area (Å²) in [5, 5.41) is 11.0. The molecule has 1 aliphatic heterocycles. The molecule has 3 aromatic rings. The fraction of sp³-hybridized carbons (Fsp3) is 0.316. The molecular weight excluding hydrogens is 403 g/mol. The monoisotopic (exact) mass is 420 g/mol. The minimum Gasteiger partial charge on any atom is -0.376 e. The number of nitrogens with zero attached hydrogens (tertiary/aromatic N) is 4. The summed E-state index contributed by atoms with van der Waals surface area (Å²) in [6.07, 6.45) is 5.85. The first-order valence-electron chi connectivity index (χ1n) is 8.73. The summed E-state index contributed by atoms with van der Waals surface area (Å²) in [5.41, 5.74) is 1.89. The van der Waals surface area contributed by atoms with Crippen LogP contribution < -0.4 is 0 Å². The number of benzene rings is 1. The fourth-order valence-electron chi connectivity index (χ4n) is 3.07. The molecule has 5 nitrogen and oxygen atoms in total. The zero-order valence-corrected chi connectivity index (χ0v) is 16.8. The topological polar surface area (TPSA) is 52.8 Å². The molecule has 1 atom stereocenters. The third-order valence-corrected chi connectivity index (χ3v) is 6.17. The lowest BCUT2D eigenvalue weighted by molar-refractivity contribution is 0.0953. The van der Waals surface area contributed by atoms with Crippen LogP contribution in [0.25, 0.3) is 11.4 Å². The lowest BCUT2D eigenvalue weighted by Crippen LogP contribution is -2.16. The molecule has 0 aliphatic carbocycles. The summed E-state index contributed by atoms with van der Waals surface area (Å²) in [7, 11) is 0. The van der Waals surface area contributed by atoms with Gasteiger partial charge in [0.25, 0.3) is 0 Å². The van der Waals surface area contributed by atoms with Crippen LogP contribution in [0.5, 0.6) is 0 Å². The van der Waals surface area contributed by atoms with E-state index in [1.807, 2.05) is 30.3 Å². The van der Waals surface area contributed by atoms with Crippen molar-refractivity contribution in [3.63, 3.8) is 0 Å². The summed E-state index contributed by atoms with van der Waals surface area (Å²) in [5.74, 6) is 1.44. The average Bonchev–Trinajstić information content (AvgIpc) is 3.33. The summed E-state index contributed by atoms with van der Waals surface area (Å²) >= 11 is 14.2. The molecule has 1 saturated heterocycles. The Labute approximate surface area is 172 Å². The van der Waals surface area contributed by atoms with Crippen LogP contribution in [-0.2, 0) is 17.0 Å². The minimum atomic E-state index is 0.185. The summed E-state index contributed by atoms with van der Waals surface area (Å²) in [6, 6.07) is 9.43. The molecule has 1 aromatic carbocycles. The van der Waals surface area contributed by atoms with E-state index in [4.69, 9.17) is 27.9 Å².